The molecule has 0 aliphatic heterocycles. The smallest absolute Gasteiger partial charge is 0.143 e. The molecule has 16 heavy (non-hydrogen) atoms. The zero-order valence-electron chi connectivity index (χ0n) is 9.58. The summed E-state index contributed by atoms with van der Waals surface area (Å²) in [7, 11) is 0. The molecule has 0 saturated heterocycles. The summed E-state index contributed by atoms with van der Waals surface area (Å²) in [5, 5.41) is 21.3. The van der Waals surface area contributed by atoms with Crippen molar-refractivity contribution in [2.24, 2.45) is 0 Å². The van der Waals surface area contributed by atoms with E-state index in [1.54, 1.807) is 32.9 Å². The number of nitrogens with zero attached hydrogens (tertiary/aromatic N) is 1. The van der Waals surface area contributed by atoms with E-state index in [0.29, 0.717) is 5.69 Å². The van der Waals surface area contributed by atoms with Gasteiger partial charge in [-0.15, -0.1) is 0 Å². The van der Waals surface area contributed by atoms with Crippen LogP contribution >= 0.6 is 0 Å². The topological polar surface area (TPSA) is 56.0 Å². The first-order chi connectivity index (χ1) is 7.38. The highest BCUT2D eigenvalue weighted by molar-refractivity contribution is 5.59. The zero-order chi connectivity index (χ0) is 12.3. The van der Waals surface area contributed by atoms with Gasteiger partial charge in [0.2, 0.25) is 0 Å². The molecule has 86 valence electrons. The van der Waals surface area contributed by atoms with Crippen molar-refractivity contribution >= 4 is 5.69 Å². The number of benzene rings is 1. The number of halogens is 1. The summed E-state index contributed by atoms with van der Waals surface area (Å²) in [6.07, 6.45) is -0.623. The Morgan fingerprint density at radius 1 is 1.50 bits per heavy atom. The van der Waals surface area contributed by atoms with E-state index in [1.807, 2.05) is 0 Å². The van der Waals surface area contributed by atoms with Gasteiger partial charge < -0.3 is 10.4 Å². The molecule has 0 aromatic heterocycles. The number of aliphatic hydroxyl groups is 1. The van der Waals surface area contributed by atoms with E-state index in [9.17, 15) is 9.50 Å². The molecule has 4 heteroatoms. The number of hydrogen-bond acceptors (Lipinski definition) is 3. The quantitative estimate of drug-likeness (QED) is 0.824. The average molecular weight is 222 g/mol. The van der Waals surface area contributed by atoms with Crippen molar-refractivity contribution in [3.8, 4) is 6.07 Å². The standard InChI is InChI=1S/C12H15FN2O/c1-8(16)12(2,3)15-11-6-4-5-10(13)9(11)7-14/h4-6,8,15-16H,1-3H3. The van der Waals surface area contributed by atoms with Crippen molar-refractivity contribution in [3.63, 3.8) is 0 Å². The van der Waals surface area contributed by atoms with Gasteiger partial charge in [-0.3, -0.25) is 0 Å². The molecule has 1 rings (SSSR count). The van der Waals surface area contributed by atoms with Crippen molar-refractivity contribution in [1.82, 2.24) is 0 Å². The van der Waals surface area contributed by atoms with Gasteiger partial charge in [0.25, 0.3) is 0 Å². The second-order valence-electron chi connectivity index (χ2n) is 4.30. The fraction of sp³-hybridized carbons (Fsp3) is 0.417. The summed E-state index contributed by atoms with van der Waals surface area (Å²) in [4.78, 5) is 0. The molecular weight excluding hydrogens is 207 g/mol. The molecule has 0 heterocycles. The van der Waals surface area contributed by atoms with Gasteiger partial charge in [0.05, 0.1) is 17.3 Å². The molecule has 0 saturated carbocycles. The van der Waals surface area contributed by atoms with E-state index in [4.69, 9.17) is 5.26 Å². The van der Waals surface area contributed by atoms with Crippen molar-refractivity contribution < 1.29 is 9.50 Å². The van der Waals surface area contributed by atoms with Crippen LogP contribution in [-0.4, -0.2) is 16.7 Å². The Labute approximate surface area is 94.5 Å². The third kappa shape index (κ3) is 2.50. The van der Waals surface area contributed by atoms with Gasteiger partial charge in [0, 0.05) is 0 Å². The highest BCUT2D eigenvalue weighted by Crippen LogP contribution is 2.23. The monoisotopic (exact) mass is 222 g/mol. The van der Waals surface area contributed by atoms with Crippen molar-refractivity contribution in [1.29, 1.82) is 5.26 Å². The van der Waals surface area contributed by atoms with Crippen LogP contribution in [0.5, 0.6) is 0 Å². The van der Waals surface area contributed by atoms with Gasteiger partial charge in [-0.05, 0) is 32.9 Å². The Hall–Kier alpha value is -1.60. The van der Waals surface area contributed by atoms with Gasteiger partial charge in [-0.2, -0.15) is 5.26 Å². The minimum atomic E-state index is -0.626. The normalized spacial score (nSPS) is 13.0. The van der Waals surface area contributed by atoms with Gasteiger partial charge in [0.1, 0.15) is 17.4 Å². The van der Waals surface area contributed by atoms with E-state index in [1.165, 1.54) is 12.1 Å². The highest BCUT2D eigenvalue weighted by atomic mass is 19.1. The fourth-order valence-corrected chi connectivity index (χ4v) is 1.19. The molecule has 1 atom stereocenters. The highest BCUT2D eigenvalue weighted by Gasteiger charge is 2.25. The van der Waals surface area contributed by atoms with Crippen LogP contribution in [0.2, 0.25) is 0 Å². The lowest BCUT2D eigenvalue weighted by molar-refractivity contribution is 0.133. The van der Waals surface area contributed by atoms with Gasteiger partial charge in [-0.25, -0.2) is 4.39 Å². The number of hydrogen-bond donors (Lipinski definition) is 2. The summed E-state index contributed by atoms with van der Waals surface area (Å²) < 4.78 is 13.3. The Morgan fingerprint density at radius 2 is 2.12 bits per heavy atom. The Kier molecular flexibility index (Phi) is 3.51. The van der Waals surface area contributed by atoms with Crippen LogP contribution in [0.15, 0.2) is 18.2 Å². The third-order valence-corrected chi connectivity index (χ3v) is 2.63. The van der Waals surface area contributed by atoms with Crippen LogP contribution in [0.25, 0.3) is 0 Å². The van der Waals surface area contributed by atoms with Gasteiger partial charge in [-0.1, -0.05) is 6.07 Å². The Bertz CT molecular complexity index is 422. The summed E-state index contributed by atoms with van der Waals surface area (Å²) >= 11 is 0. The molecule has 0 aliphatic carbocycles. The summed E-state index contributed by atoms with van der Waals surface area (Å²) in [6, 6.07) is 6.18. The predicted octanol–water partition coefficient (Wildman–Crippen LogP) is 2.27. The number of nitriles is 1. The van der Waals surface area contributed by atoms with E-state index in [0.717, 1.165) is 0 Å². The van der Waals surface area contributed by atoms with Crippen LogP contribution in [0.4, 0.5) is 10.1 Å². The molecule has 1 aromatic carbocycles. The van der Waals surface area contributed by atoms with Crippen LogP contribution in [0.1, 0.15) is 26.3 Å². The van der Waals surface area contributed by atoms with Crippen molar-refractivity contribution in [2.75, 3.05) is 5.32 Å². The van der Waals surface area contributed by atoms with Crippen LogP contribution in [-0.2, 0) is 0 Å². The molecule has 0 fully saturated rings. The maximum atomic E-state index is 13.3. The Balaban J connectivity index is 3.08. The molecule has 2 N–H and O–H groups in total. The molecule has 0 aliphatic rings. The summed E-state index contributed by atoms with van der Waals surface area (Å²) in [5.41, 5.74) is -0.260. The first kappa shape index (κ1) is 12.5. The van der Waals surface area contributed by atoms with E-state index < -0.39 is 17.5 Å². The van der Waals surface area contributed by atoms with Crippen molar-refractivity contribution in [3.05, 3.63) is 29.6 Å². The maximum Gasteiger partial charge on any atom is 0.143 e. The van der Waals surface area contributed by atoms with Crippen molar-refractivity contribution in [2.45, 2.75) is 32.4 Å². The SMILES string of the molecule is CC(O)C(C)(C)Nc1cccc(F)c1C#N. The number of anilines is 1. The lowest BCUT2D eigenvalue weighted by Gasteiger charge is -2.30. The first-order valence-corrected chi connectivity index (χ1v) is 5.03. The molecule has 0 amide bonds. The third-order valence-electron chi connectivity index (χ3n) is 2.63. The minimum absolute atomic E-state index is 0.0313. The zero-order valence-corrected chi connectivity index (χ0v) is 9.58. The molecule has 0 spiro atoms. The Morgan fingerprint density at radius 3 is 2.62 bits per heavy atom. The van der Waals surface area contributed by atoms with E-state index in [-0.39, 0.29) is 5.56 Å². The molecule has 3 nitrogen and oxygen atoms in total. The lowest BCUT2D eigenvalue weighted by Crippen LogP contribution is -2.42. The second kappa shape index (κ2) is 4.50. The van der Waals surface area contributed by atoms with E-state index in [2.05, 4.69) is 5.32 Å². The summed E-state index contributed by atoms with van der Waals surface area (Å²) in [6.45, 7) is 5.20. The maximum absolute atomic E-state index is 13.3. The van der Waals surface area contributed by atoms with Gasteiger partial charge in [0.15, 0.2) is 0 Å². The predicted molar refractivity (Wildman–Crippen MR) is 60.5 cm³/mol. The largest absolute Gasteiger partial charge is 0.391 e. The van der Waals surface area contributed by atoms with Crippen LogP contribution in [0.3, 0.4) is 0 Å². The molecule has 0 bridgehead atoms. The van der Waals surface area contributed by atoms with Crippen LogP contribution in [0, 0.1) is 17.1 Å². The number of rotatable bonds is 3. The average Bonchev–Trinajstić information content (AvgIpc) is 2.17. The minimum Gasteiger partial charge on any atom is -0.391 e. The van der Waals surface area contributed by atoms with E-state index >= 15 is 0 Å². The molecule has 0 radical (unpaired) electrons. The van der Waals surface area contributed by atoms with Gasteiger partial charge >= 0.3 is 0 Å². The number of nitrogens with one attached hydrogen (secondary N) is 1. The molecule has 1 unspecified atom stereocenters. The molecular formula is C12H15FN2O. The summed E-state index contributed by atoms with van der Waals surface area (Å²) in [5.74, 6) is -0.561. The second-order valence-corrected chi connectivity index (χ2v) is 4.30. The molecule has 1 aromatic rings. The van der Waals surface area contributed by atoms with Crippen LogP contribution < -0.4 is 5.32 Å². The number of aliphatic hydroxyl groups excluding tert-OH is 1. The fourth-order valence-electron chi connectivity index (χ4n) is 1.19. The first-order valence-electron chi connectivity index (χ1n) is 5.03. The lowest BCUT2D eigenvalue weighted by atomic mass is 9.97.